The quantitative estimate of drug-likeness (QED) is 0.657. The SMILES string of the molecule is CC[Si](CC)(CC)COCC(O)COC(C)(C)C. The fourth-order valence-corrected chi connectivity index (χ4v) is 4.53. The van der Waals surface area contributed by atoms with Crippen molar-refractivity contribution in [3.05, 3.63) is 0 Å². The normalized spacial score (nSPS) is 14.8. The lowest BCUT2D eigenvalue weighted by Crippen LogP contribution is -2.39. The number of aliphatic hydroxyl groups excluding tert-OH is 1. The van der Waals surface area contributed by atoms with Gasteiger partial charge in [-0.15, -0.1) is 0 Å². The first-order valence-corrected chi connectivity index (χ1v) is 10.0. The summed E-state index contributed by atoms with van der Waals surface area (Å²) in [4.78, 5) is 0. The van der Waals surface area contributed by atoms with Gasteiger partial charge in [-0.25, -0.2) is 0 Å². The molecule has 0 amide bonds. The van der Waals surface area contributed by atoms with Crippen molar-refractivity contribution in [2.24, 2.45) is 0 Å². The van der Waals surface area contributed by atoms with E-state index in [1.54, 1.807) is 0 Å². The Morgan fingerprint density at radius 3 is 1.89 bits per heavy atom. The van der Waals surface area contributed by atoms with Crippen molar-refractivity contribution in [2.45, 2.75) is 71.4 Å². The second kappa shape index (κ2) is 8.30. The fourth-order valence-electron chi connectivity index (χ4n) is 1.86. The van der Waals surface area contributed by atoms with Crippen molar-refractivity contribution < 1.29 is 14.6 Å². The maximum atomic E-state index is 9.79. The Hall–Kier alpha value is 0.0969. The molecule has 0 aliphatic carbocycles. The van der Waals surface area contributed by atoms with Gasteiger partial charge < -0.3 is 14.6 Å². The Labute approximate surface area is 114 Å². The van der Waals surface area contributed by atoms with Gasteiger partial charge >= 0.3 is 0 Å². The summed E-state index contributed by atoms with van der Waals surface area (Å²) in [5.41, 5.74) is -0.199. The molecule has 0 aromatic carbocycles. The summed E-state index contributed by atoms with van der Waals surface area (Å²) >= 11 is 0. The molecular formula is C14H32O3Si. The van der Waals surface area contributed by atoms with E-state index in [0.29, 0.717) is 13.2 Å². The average molecular weight is 276 g/mol. The molecule has 0 aromatic heterocycles. The molecule has 0 saturated heterocycles. The molecule has 4 heteroatoms. The highest BCUT2D eigenvalue weighted by Gasteiger charge is 2.27. The molecule has 0 rings (SSSR count). The van der Waals surface area contributed by atoms with E-state index in [1.165, 1.54) is 18.1 Å². The predicted molar refractivity (Wildman–Crippen MR) is 79.7 cm³/mol. The molecule has 0 aromatic rings. The van der Waals surface area contributed by atoms with Crippen LogP contribution in [0, 0.1) is 0 Å². The third kappa shape index (κ3) is 7.51. The summed E-state index contributed by atoms with van der Waals surface area (Å²) in [6.45, 7) is 13.5. The average Bonchev–Trinajstić information content (AvgIpc) is 2.32. The predicted octanol–water partition coefficient (Wildman–Crippen LogP) is 3.23. The second-order valence-corrected chi connectivity index (χ2v) is 11.6. The molecule has 0 radical (unpaired) electrons. The Morgan fingerprint density at radius 2 is 1.50 bits per heavy atom. The van der Waals surface area contributed by atoms with Crippen LogP contribution in [0.15, 0.2) is 0 Å². The maximum Gasteiger partial charge on any atom is 0.101 e. The van der Waals surface area contributed by atoms with Crippen molar-refractivity contribution in [2.75, 3.05) is 19.4 Å². The molecule has 0 aliphatic rings. The fraction of sp³-hybridized carbons (Fsp3) is 1.00. The molecule has 1 atom stereocenters. The molecule has 1 N–H and O–H groups in total. The van der Waals surface area contributed by atoms with Gasteiger partial charge in [0.25, 0.3) is 0 Å². The monoisotopic (exact) mass is 276 g/mol. The van der Waals surface area contributed by atoms with Crippen LogP contribution >= 0.6 is 0 Å². The highest BCUT2D eigenvalue weighted by molar-refractivity contribution is 6.79. The first kappa shape index (κ1) is 18.1. The third-order valence-electron chi connectivity index (χ3n) is 3.68. The summed E-state index contributed by atoms with van der Waals surface area (Å²) in [5.74, 6) is 0. The summed E-state index contributed by atoms with van der Waals surface area (Å²) < 4.78 is 11.3. The van der Waals surface area contributed by atoms with Gasteiger partial charge in [0, 0.05) is 6.23 Å². The zero-order valence-corrected chi connectivity index (χ0v) is 14.1. The zero-order valence-electron chi connectivity index (χ0n) is 13.1. The first-order chi connectivity index (χ1) is 8.28. The molecule has 0 bridgehead atoms. The van der Waals surface area contributed by atoms with E-state index < -0.39 is 14.2 Å². The smallest absolute Gasteiger partial charge is 0.101 e. The topological polar surface area (TPSA) is 38.7 Å². The van der Waals surface area contributed by atoms with E-state index in [2.05, 4.69) is 20.8 Å². The maximum absolute atomic E-state index is 9.79. The highest BCUT2D eigenvalue weighted by atomic mass is 28.3. The van der Waals surface area contributed by atoms with Gasteiger partial charge in [-0.3, -0.25) is 0 Å². The Morgan fingerprint density at radius 1 is 1.00 bits per heavy atom. The van der Waals surface area contributed by atoms with E-state index >= 15 is 0 Å². The number of aliphatic hydroxyl groups is 1. The minimum absolute atomic E-state index is 0.199. The van der Waals surface area contributed by atoms with Crippen LogP contribution in [0.5, 0.6) is 0 Å². The number of ether oxygens (including phenoxy) is 2. The largest absolute Gasteiger partial charge is 0.388 e. The third-order valence-corrected chi connectivity index (χ3v) is 8.99. The molecular weight excluding hydrogens is 244 g/mol. The lowest BCUT2D eigenvalue weighted by atomic mass is 10.2. The van der Waals surface area contributed by atoms with Gasteiger partial charge in [0.2, 0.25) is 0 Å². The van der Waals surface area contributed by atoms with Gasteiger partial charge in [0.05, 0.1) is 26.9 Å². The molecule has 1 unspecified atom stereocenters. The van der Waals surface area contributed by atoms with Crippen LogP contribution in [-0.2, 0) is 9.47 Å². The van der Waals surface area contributed by atoms with Gasteiger partial charge in [-0.2, -0.15) is 0 Å². The van der Waals surface area contributed by atoms with Crippen LogP contribution in [0.1, 0.15) is 41.5 Å². The molecule has 18 heavy (non-hydrogen) atoms. The van der Waals surface area contributed by atoms with Crippen molar-refractivity contribution in [3.63, 3.8) is 0 Å². The molecule has 0 heterocycles. The molecule has 110 valence electrons. The van der Waals surface area contributed by atoms with E-state index in [-0.39, 0.29) is 5.60 Å². The lowest BCUT2D eigenvalue weighted by molar-refractivity contribution is -0.0682. The van der Waals surface area contributed by atoms with Gasteiger partial charge in [-0.05, 0) is 20.8 Å². The van der Waals surface area contributed by atoms with Crippen LogP contribution in [0.4, 0.5) is 0 Å². The minimum atomic E-state index is -1.22. The first-order valence-electron chi connectivity index (χ1n) is 7.18. The van der Waals surface area contributed by atoms with Crippen molar-refractivity contribution >= 4 is 8.07 Å². The molecule has 0 saturated carbocycles. The van der Waals surface area contributed by atoms with Gasteiger partial charge in [0.1, 0.15) is 6.10 Å². The van der Waals surface area contributed by atoms with Crippen molar-refractivity contribution in [1.29, 1.82) is 0 Å². The Kier molecular flexibility index (Phi) is 8.35. The molecule has 0 fully saturated rings. The summed E-state index contributed by atoms with van der Waals surface area (Å²) in [7, 11) is -1.22. The van der Waals surface area contributed by atoms with Crippen molar-refractivity contribution in [3.8, 4) is 0 Å². The number of hydrogen-bond donors (Lipinski definition) is 1. The van der Waals surface area contributed by atoms with Crippen molar-refractivity contribution in [1.82, 2.24) is 0 Å². The standard InChI is InChI=1S/C14H32O3Si/c1-7-18(8-2,9-3)12-16-10-13(15)11-17-14(4,5)6/h13,15H,7-12H2,1-6H3. The van der Waals surface area contributed by atoms with Crippen LogP contribution in [0.25, 0.3) is 0 Å². The number of rotatable bonds is 9. The van der Waals surface area contributed by atoms with Gasteiger partial charge in [0.15, 0.2) is 0 Å². The van der Waals surface area contributed by atoms with Crippen LogP contribution in [0.3, 0.4) is 0 Å². The Bertz CT molecular complexity index is 201. The van der Waals surface area contributed by atoms with Crippen LogP contribution < -0.4 is 0 Å². The summed E-state index contributed by atoms with van der Waals surface area (Å²) in [5, 5.41) is 9.79. The van der Waals surface area contributed by atoms with E-state index in [1.807, 2.05) is 20.8 Å². The highest BCUT2D eigenvalue weighted by Crippen LogP contribution is 2.20. The molecule has 3 nitrogen and oxygen atoms in total. The van der Waals surface area contributed by atoms with E-state index in [0.717, 1.165) is 6.23 Å². The molecule has 0 spiro atoms. The zero-order chi connectivity index (χ0) is 14.2. The van der Waals surface area contributed by atoms with Crippen LogP contribution in [0.2, 0.25) is 18.1 Å². The minimum Gasteiger partial charge on any atom is -0.388 e. The van der Waals surface area contributed by atoms with E-state index in [4.69, 9.17) is 9.47 Å². The summed E-state index contributed by atoms with van der Waals surface area (Å²) in [6.07, 6.45) is 0.352. The van der Waals surface area contributed by atoms with Gasteiger partial charge in [-0.1, -0.05) is 38.9 Å². The number of hydrogen-bond acceptors (Lipinski definition) is 3. The lowest BCUT2D eigenvalue weighted by Gasteiger charge is -2.28. The second-order valence-electron chi connectivity index (χ2n) is 6.15. The summed E-state index contributed by atoms with van der Waals surface area (Å²) in [6, 6.07) is 3.78. The molecule has 0 aliphatic heterocycles. The van der Waals surface area contributed by atoms with Crippen LogP contribution in [-0.4, -0.2) is 44.3 Å². The van der Waals surface area contributed by atoms with E-state index in [9.17, 15) is 5.11 Å². The Balaban J connectivity index is 3.89.